The van der Waals surface area contributed by atoms with Crippen molar-refractivity contribution in [3.63, 3.8) is 0 Å². The number of hydrogen-bond acceptors (Lipinski definition) is 3. The molecule has 20 heavy (non-hydrogen) atoms. The average Bonchev–Trinajstić information content (AvgIpc) is 2.50. The Labute approximate surface area is 133 Å². The van der Waals surface area contributed by atoms with Crippen molar-refractivity contribution in [2.24, 2.45) is 0 Å². The highest BCUT2D eigenvalue weighted by Gasteiger charge is 2.50. The standard InChI is InChI=1S/C14H17BBrClO3/c1-13(2)14(3,4)20-15(19-13)6-5-9-7-10(16)8-11(17)12(9)18/h5-8,18H,1-4H3/b6-5+. The van der Waals surface area contributed by atoms with Crippen molar-refractivity contribution in [3.05, 3.63) is 33.2 Å². The Hall–Kier alpha value is -0.485. The van der Waals surface area contributed by atoms with E-state index in [4.69, 9.17) is 20.9 Å². The molecule has 108 valence electrons. The summed E-state index contributed by atoms with van der Waals surface area (Å²) in [4.78, 5) is 0. The molecule has 0 radical (unpaired) electrons. The van der Waals surface area contributed by atoms with Crippen molar-refractivity contribution in [2.45, 2.75) is 38.9 Å². The van der Waals surface area contributed by atoms with E-state index in [0.717, 1.165) is 4.47 Å². The first kappa shape index (κ1) is 15.9. The summed E-state index contributed by atoms with van der Waals surface area (Å²) in [5.41, 5.74) is -0.142. The summed E-state index contributed by atoms with van der Waals surface area (Å²) in [5, 5.41) is 10.2. The molecular weight excluding hydrogens is 342 g/mol. The topological polar surface area (TPSA) is 38.7 Å². The van der Waals surface area contributed by atoms with Crippen LogP contribution in [0, 0.1) is 0 Å². The van der Waals surface area contributed by atoms with Crippen LogP contribution in [0.5, 0.6) is 5.75 Å². The van der Waals surface area contributed by atoms with E-state index in [1.54, 1.807) is 24.2 Å². The highest BCUT2D eigenvalue weighted by Crippen LogP contribution is 2.37. The molecule has 1 aromatic carbocycles. The second-order valence-corrected chi connectivity index (χ2v) is 7.13. The molecule has 0 bridgehead atoms. The van der Waals surface area contributed by atoms with E-state index >= 15 is 0 Å². The lowest BCUT2D eigenvalue weighted by molar-refractivity contribution is 0.00578. The van der Waals surface area contributed by atoms with Crippen LogP contribution in [-0.2, 0) is 9.31 Å². The summed E-state index contributed by atoms with van der Waals surface area (Å²) in [5.74, 6) is 1.82. The lowest BCUT2D eigenvalue weighted by atomic mass is 9.89. The van der Waals surface area contributed by atoms with Crippen molar-refractivity contribution in [3.8, 4) is 5.75 Å². The second kappa shape index (κ2) is 5.37. The summed E-state index contributed by atoms with van der Waals surface area (Å²) in [6.45, 7) is 7.98. The normalized spacial score (nSPS) is 20.8. The van der Waals surface area contributed by atoms with Crippen LogP contribution in [0.3, 0.4) is 0 Å². The maximum Gasteiger partial charge on any atom is 0.487 e. The molecule has 6 heteroatoms. The summed E-state index contributed by atoms with van der Waals surface area (Å²) in [7, 11) is -0.447. The van der Waals surface area contributed by atoms with Crippen molar-refractivity contribution in [2.75, 3.05) is 0 Å². The molecule has 1 saturated heterocycles. The monoisotopic (exact) mass is 358 g/mol. The third-order valence-electron chi connectivity index (χ3n) is 3.76. The van der Waals surface area contributed by atoms with Gasteiger partial charge in [0.1, 0.15) is 5.75 Å². The highest BCUT2D eigenvalue weighted by molar-refractivity contribution is 9.10. The van der Waals surface area contributed by atoms with E-state index in [-0.39, 0.29) is 17.0 Å². The van der Waals surface area contributed by atoms with Gasteiger partial charge in [0.15, 0.2) is 0 Å². The molecular formula is C14H17BBrClO3. The van der Waals surface area contributed by atoms with Crippen LogP contribution in [0.4, 0.5) is 0 Å². The number of phenols is 1. The molecule has 0 atom stereocenters. The van der Waals surface area contributed by atoms with Gasteiger partial charge in [-0.05, 0) is 39.8 Å². The van der Waals surface area contributed by atoms with Crippen molar-refractivity contribution >= 4 is 40.7 Å². The number of benzene rings is 1. The molecule has 0 unspecified atom stereocenters. The molecule has 1 fully saturated rings. The molecule has 1 aliphatic heterocycles. The number of phenolic OH excluding ortho intramolecular Hbond substituents is 1. The third kappa shape index (κ3) is 3.06. The van der Waals surface area contributed by atoms with E-state index in [9.17, 15) is 5.11 Å². The zero-order valence-corrected chi connectivity index (χ0v) is 14.2. The van der Waals surface area contributed by atoms with Crippen LogP contribution in [0.15, 0.2) is 22.6 Å². The molecule has 0 spiro atoms. The Morgan fingerprint density at radius 2 is 1.75 bits per heavy atom. The van der Waals surface area contributed by atoms with Gasteiger partial charge in [0.2, 0.25) is 0 Å². The zero-order chi connectivity index (χ0) is 15.1. The summed E-state index contributed by atoms with van der Waals surface area (Å²) in [6.07, 6.45) is 1.74. The Kier molecular flexibility index (Phi) is 4.27. The molecule has 3 nitrogen and oxygen atoms in total. The van der Waals surface area contributed by atoms with E-state index in [1.807, 2.05) is 27.7 Å². The lowest BCUT2D eigenvalue weighted by Gasteiger charge is -2.32. The lowest BCUT2D eigenvalue weighted by Crippen LogP contribution is -2.41. The van der Waals surface area contributed by atoms with Gasteiger partial charge in [-0.1, -0.05) is 39.6 Å². The predicted molar refractivity (Wildman–Crippen MR) is 85.9 cm³/mol. The summed E-state index contributed by atoms with van der Waals surface area (Å²) < 4.78 is 12.5. The number of halogens is 2. The quantitative estimate of drug-likeness (QED) is 0.793. The van der Waals surface area contributed by atoms with Crippen LogP contribution in [-0.4, -0.2) is 23.4 Å². The minimum absolute atomic E-state index is 0.0441. The van der Waals surface area contributed by atoms with Crippen LogP contribution in [0.2, 0.25) is 5.02 Å². The number of aromatic hydroxyl groups is 1. The van der Waals surface area contributed by atoms with E-state index in [0.29, 0.717) is 10.6 Å². The van der Waals surface area contributed by atoms with E-state index in [2.05, 4.69) is 15.9 Å². The van der Waals surface area contributed by atoms with Gasteiger partial charge in [0.25, 0.3) is 0 Å². The van der Waals surface area contributed by atoms with Gasteiger partial charge in [0.05, 0.1) is 16.2 Å². The smallest absolute Gasteiger partial charge is 0.487 e. The molecule has 1 N–H and O–H groups in total. The Morgan fingerprint density at radius 3 is 2.30 bits per heavy atom. The SMILES string of the molecule is CC1(C)OB(/C=C/c2cc(Br)cc(Cl)c2O)OC1(C)C. The van der Waals surface area contributed by atoms with E-state index in [1.165, 1.54) is 0 Å². The van der Waals surface area contributed by atoms with Gasteiger partial charge in [-0.25, -0.2) is 0 Å². The van der Waals surface area contributed by atoms with Gasteiger partial charge >= 0.3 is 7.12 Å². The molecule has 1 aromatic rings. The number of rotatable bonds is 2. The first-order chi connectivity index (χ1) is 9.12. The maximum atomic E-state index is 9.92. The fourth-order valence-corrected chi connectivity index (χ4v) is 2.70. The Morgan fingerprint density at radius 1 is 1.20 bits per heavy atom. The predicted octanol–water partition coefficient (Wildman–Crippen LogP) is 4.45. The summed E-state index contributed by atoms with van der Waals surface area (Å²) >= 11 is 9.27. The molecule has 2 rings (SSSR count). The largest absolute Gasteiger partial charge is 0.506 e. The molecule has 1 heterocycles. The van der Waals surface area contributed by atoms with Gasteiger partial charge in [-0.2, -0.15) is 0 Å². The van der Waals surface area contributed by atoms with Gasteiger partial charge in [-0.3, -0.25) is 0 Å². The first-order valence-corrected chi connectivity index (χ1v) is 7.51. The van der Waals surface area contributed by atoms with E-state index < -0.39 is 7.12 Å². The second-order valence-electron chi connectivity index (χ2n) is 5.81. The summed E-state index contributed by atoms with van der Waals surface area (Å²) in [6, 6.07) is 3.42. The van der Waals surface area contributed by atoms with Crippen molar-refractivity contribution < 1.29 is 14.4 Å². The van der Waals surface area contributed by atoms with Crippen LogP contribution < -0.4 is 0 Å². The highest BCUT2D eigenvalue weighted by atomic mass is 79.9. The van der Waals surface area contributed by atoms with Gasteiger partial charge in [-0.15, -0.1) is 0 Å². The van der Waals surface area contributed by atoms with Crippen LogP contribution >= 0.6 is 27.5 Å². The minimum atomic E-state index is -0.447. The molecule has 0 amide bonds. The van der Waals surface area contributed by atoms with Crippen molar-refractivity contribution in [1.29, 1.82) is 0 Å². The molecule has 1 aliphatic rings. The maximum absolute atomic E-state index is 9.92. The van der Waals surface area contributed by atoms with Crippen LogP contribution in [0.25, 0.3) is 6.08 Å². The molecule has 0 aromatic heterocycles. The van der Waals surface area contributed by atoms with Crippen LogP contribution in [0.1, 0.15) is 33.3 Å². The third-order valence-corrected chi connectivity index (χ3v) is 4.51. The van der Waals surface area contributed by atoms with Crippen molar-refractivity contribution in [1.82, 2.24) is 0 Å². The first-order valence-electron chi connectivity index (χ1n) is 6.34. The Bertz CT molecular complexity index is 542. The fraction of sp³-hybridized carbons (Fsp3) is 0.429. The molecule has 0 saturated carbocycles. The Balaban J connectivity index is 2.20. The van der Waals surface area contributed by atoms with Gasteiger partial charge in [0, 0.05) is 10.0 Å². The fourth-order valence-electron chi connectivity index (χ4n) is 1.86. The van der Waals surface area contributed by atoms with Gasteiger partial charge < -0.3 is 14.4 Å². The average molecular weight is 359 g/mol. The minimum Gasteiger partial charge on any atom is -0.506 e. The number of hydrogen-bond donors (Lipinski definition) is 1. The molecule has 0 aliphatic carbocycles. The zero-order valence-electron chi connectivity index (χ0n) is 11.9.